The zero-order valence-corrected chi connectivity index (χ0v) is 13.6. The Morgan fingerprint density at radius 1 is 1.36 bits per heavy atom. The summed E-state index contributed by atoms with van der Waals surface area (Å²) in [5.41, 5.74) is 3.97. The smallest absolute Gasteiger partial charge is 0.411 e. The van der Waals surface area contributed by atoms with Gasteiger partial charge in [-0.05, 0) is 51.3 Å². The van der Waals surface area contributed by atoms with E-state index in [0.717, 1.165) is 30.6 Å². The van der Waals surface area contributed by atoms with E-state index in [1.54, 1.807) is 0 Å². The average Bonchev–Trinajstić information content (AvgIpc) is 2.94. The first-order chi connectivity index (χ1) is 10.4. The fourth-order valence-corrected chi connectivity index (χ4v) is 4.21. The zero-order valence-electron chi connectivity index (χ0n) is 13.6. The van der Waals surface area contributed by atoms with Crippen molar-refractivity contribution in [2.24, 2.45) is 0 Å². The largest absolute Gasteiger partial charge is 0.440 e. The fraction of sp³-hybridized carbons (Fsp3) is 0.500. The normalized spacial score (nSPS) is 30.4. The standard InChI is InChI=1S/C18H22N2O2/c1-5-17(3)18(4)15-12(8-9-20(18)16(21)22-17)13-10-11(2)6-7-14(13)19-15/h6-7,10,19H,5,8-9H2,1-4H3/t17-,18+/m0/s1. The lowest BCUT2D eigenvalue weighted by atomic mass is 9.74. The number of aryl methyl sites for hydroxylation is 1. The minimum absolute atomic E-state index is 0.188. The molecular formula is C18H22N2O2. The van der Waals surface area contributed by atoms with Gasteiger partial charge < -0.3 is 9.72 Å². The molecule has 2 aliphatic rings. The molecule has 1 fully saturated rings. The molecule has 0 aliphatic carbocycles. The van der Waals surface area contributed by atoms with Gasteiger partial charge in [-0.2, -0.15) is 0 Å². The van der Waals surface area contributed by atoms with Crippen molar-refractivity contribution in [1.82, 2.24) is 9.88 Å². The molecule has 0 radical (unpaired) electrons. The van der Waals surface area contributed by atoms with Crippen LogP contribution in [0.2, 0.25) is 0 Å². The predicted octanol–water partition coefficient (Wildman–Crippen LogP) is 3.87. The van der Waals surface area contributed by atoms with Crippen molar-refractivity contribution in [2.75, 3.05) is 6.54 Å². The number of amides is 1. The van der Waals surface area contributed by atoms with E-state index in [-0.39, 0.29) is 6.09 Å². The minimum Gasteiger partial charge on any atom is -0.440 e. The highest BCUT2D eigenvalue weighted by atomic mass is 16.6. The van der Waals surface area contributed by atoms with Crippen LogP contribution in [0.25, 0.3) is 10.9 Å². The first-order valence-electron chi connectivity index (χ1n) is 8.03. The quantitative estimate of drug-likeness (QED) is 0.868. The molecule has 22 heavy (non-hydrogen) atoms. The molecule has 2 aliphatic heterocycles. The summed E-state index contributed by atoms with van der Waals surface area (Å²) in [5.74, 6) is 0. The van der Waals surface area contributed by atoms with E-state index in [1.165, 1.54) is 16.5 Å². The predicted molar refractivity (Wildman–Crippen MR) is 86.0 cm³/mol. The molecule has 0 unspecified atom stereocenters. The van der Waals surface area contributed by atoms with Gasteiger partial charge in [-0.15, -0.1) is 0 Å². The molecule has 1 saturated heterocycles. The van der Waals surface area contributed by atoms with Crippen molar-refractivity contribution in [3.8, 4) is 0 Å². The number of H-pyrrole nitrogens is 1. The highest BCUT2D eigenvalue weighted by molar-refractivity contribution is 5.87. The number of carbonyl (C=O) groups is 1. The molecule has 0 bridgehead atoms. The Morgan fingerprint density at radius 3 is 2.86 bits per heavy atom. The van der Waals surface area contributed by atoms with Crippen LogP contribution in [0, 0.1) is 6.92 Å². The molecule has 3 heterocycles. The number of carbonyl (C=O) groups excluding carboxylic acids is 1. The highest BCUT2D eigenvalue weighted by Crippen LogP contribution is 2.52. The Morgan fingerprint density at radius 2 is 2.14 bits per heavy atom. The van der Waals surface area contributed by atoms with E-state index in [2.05, 4.69) is 50.9 Å². The van der Waals surface area contributed by atoms with Gasteiger partial charge in [0.15, 0.2) is 0 Å². The van der Waals surface area contributed by atoms with Gasteiger partial charge in [-0.25, -0.2) is 4.79 Å². The highest BCUT2D eigenvalue weighted by Gasteiger charge is 2.62. The third-order valence-corrected chi connectivity index (χ3v) is 5.91. The van der Waals surface area contributed by atoms with Gasteiger partial charge in [0.05, 0.1) is 0 Å². The van der Waals surface area contributed by atoms with E-state index < -0.39 is 11.1 Å². The summed E-state index contributed by atoms with van der Waals surface area (Å²) >= 11 is 0. The van der Waals surface area contributed by atoms with Crippen LogP contribution in [0.3, 0.4) is 0 Å². The van der Waals surface area contributed by atoms with Gasteiger partial charge in [0.1, 0.15) is 11.1 Å². The van der Waals surface area contributed by atoms with Crippen molar-refractivity contribution < 1.29 is 9.53 Å². The maximum absolute atomic E-state index is 12.4. The Kier molecular flexibility index (Phi) is 2.52. The number of ether oxygens (including phenoxy) is 1. The summed E-state index contributed by atoms with van der Waals surface area (Å²) in [6.45, 7) is 9.12. The number of rotatable bonds is 1. The van der Waals surface area contributed by atoms with Crippen LogP contribution in [0.4, 0.5) is 4.79 Å². The lowest BCUT2D eigenvalue weighted by molar-refractivity contribution is -0.00297. The van der Waals surface area contributed by atoms with Gasteiger partial charge in [0.25, 0.3) is 0 Å². The summed E-state index contributed by atoms with van der Waals surface area (Å²) < 4.78 is 5.79. The Bertz CT molecular complexity index is 794. The molecule has 1 aromatic heterocycles. The number of aromatic amines is 1. The number of nitrogens with zero attached hydrogens (tertiary/aromatic N) is 1. The van der Waals surface area contributed by atoms with Crippen molar-refractivity contribution in [3.05, 3.63) is 35.0 Å². The third kappa shape index (κ3) is 1.40. The van der Waals surface area contributed by atoms with Gasteiger partial charge in [-0.1, -0.05) is 18.6 Å². The second-order valence-corrected chi connectivity index (χ2v) is 6.95. The van der Waals surface area contributed by atoms with Crippen LogP contribution in [0.1, 0.15) is 44.0 Å². The molecule has 4 nitrogen and oxygen atoms in total. The summed E-state index contributed by atoms with van der Waals surface area (Å²) in [7, 11) is 0. The Hall–Kier alpha value is -1.97. The van der Waals surface area contributed by atoms with Crippen LogP contribution in [0.15, 0.2) is 18.2 Å². The van der Waals surface area contributed by atoms with Gasteiger partial charge >= 0.3 is 6.09 Å². The van der Waals surface area contributed by atoms with Crippen molar-refractivity contribution >= 4 is 17.0 Å². The second-order valence-electron chi connectivity index (χ2n) is 6.95. The van der Waals surface area contributed by atoms with Crippen LogP contribution in [-0.2, 0) is 16.7 Å². The molecule has 2 aromatic rings. The van der Waals surface area contributed by atoms with Crippen molar-refractivity contribution in [2.45, 2.75) is 51.7 Å². The molecule has 4 heteroatoms. The van der Waals surface area contributed by atoms with E-state index in [9.17, 15) is 4.79 Å². The van der Waals surface area contributed by atoms with Gasteiger partial charge in [-0.3, -0.25) is 4.90 Å². The van der Waals surface area contributed by atoms with Gasteiger partial charge in [0.2, 0.25) is 0 Å². The molecule has 0 saturated carbocycles. The summed E-state index contributed by atoms with van der Waals surface area (Å²) in [6, 6.07) is 6.50. The van der Waals surface area contributed by atoms with E-state index in [1.807, 2.05) is 4.90 Å². The minimum atomic E-state index is -0.505. The molecular weight excluding hydrogens is 276 g/mol. The Labute approximate surface area is 130 Å². The summed E-state index contributed by atoms with van der Waals surface area (Å²) in [4.78, 5) is 17.9. The number of hydrogen-bond acceptors (Lipinski definition) is 2. The number of aromatic nitrogens is 1. The first-order valence-corrected chi connectivity index (χ1v) is 8.03. The SMILES string of the molecule is CC[C@]1(C)OC(=O)N2CCc3c([nH]c4ccc(C)cc34)[C@@]21C. The number of benzene rings is 1. The monoisotopic (exact) mass is 298 g/mol. The maximum Gasteiger partial charge on any atom is 0.411 e. The molecule has 4 rings (SSSR count). The number of cyclic esters (lactones) is 1. The maximum atomic E-state index is 12.4. The van der Waals surface area contributed by atoms with Crippen LogP contribution >= 0.6 is 0 Å². The fourth-order valence-electron chi connectivity index (χ4n) is 4.21. The van der Waals surface area contributed by atoms with Crippen LogP contribution in [-0.4, -0.2) is 28.1 Å². The van der Waals surface area contributed by atoms with E-state index in [4.69, 9.17) is 4.74 Å². The number of nitrogens with one attached hydrogen (secondary N) is 1. The molecule has 2 atom stereocenters. The average molecular weight is 298 g/mol. The second kappa shape index (κ2) is 4.06. The van der Waals surface area contributed by atoms with Crippen molar-refractivity contribution in [3.63, 3.8) is 0 Å². The first kappa shape index (κ1) is 13.7. The van der Waals surface area contributed by atoms with Crippen LogP contribution < -0.4 is 0 Å². The molecule has 1 N–H and O–H groups in total. The van der Waals surface area contributed by atoms with E-state index >= 15 is 0 Å². The number of hydrogen-bond donors (Lipinski definition) is 1. The topological polar surface area (TPSA) is 45.3 Å². The lowest BCUT2D eigenvalue weighted by Gasteiger charge is -2.44. The molecule has 116 valence electrons. The molecule has 1 aromatic carbocycles. The zero-order chi connectivity index (χ0) is 15.7. The summed E-state index contributed by atoms with van der Waals surface area (Å²) in [5, 5.41) is 1.29. The lowest BCUT2D eigenvalue weighted by Crippen LogP contribution is -2.55. The van der Waals surface area contributed by atoms with Crippen LogP contribution in [0.5, 0.6) is 0 Å². The van der Waals surface area contributed by atoms with E-state index in [0.29, 0.717) is 0 Å². The number of fused-ring (bicyclic) bond motifs is 5. The molecule has 0 spiro atoms. The Balaban J connectivity index is 2.02. The summed E-state index contributed by atoms with van der Waals surface area (Å²) in [6.07, 6.45) is 1.48. The van der Waals surface area contributed by atoms with Crippen molar-refractivity contribution in [1.29, 1.82) is 0 Å². The molecule has 1 amide bonds. The third-order valence-electron chi connectivity index (χ3n) is 5.91. The van der Waals surface area contributed by atoms with Gasteiger partial charge in [0, 0.05) is 23.1 Å².